The van der Waals surface area contributed by atoms with Gasteiger partial charge in [-0.25, -0.2) is 4.39 Å². The van der Waals surface area contributed by atoms with Gasteiger partial charge in [-0.2, -0.15) is 0 Å². The van der Waals surface area contributed by atoms with Crippen LogP contribution in [0.25, 0.3) is 0 Å². The third kappa shape index (κ3) is 3.07. The monoisotopic (exact) mass is 280 g/mol. The van der Waals surface area contributed by atoms with Crippen LogP contribution in [0, 0.1) is 5.82 Å². The van der Waals surface area contributed by atoms with E-state index < -0.39 is 17.6 Å². The molecular formula is C14H17FN2O3. The molecule has 0 aromatic heterocycles. The normalized spacial score (nSPS) is 15.7. The molecular weight excluding hydrogens is 263 g/mol. The molecule has 1 aromatic rings. The van der Waals surface area contributed by atoms with Crippen molar-refractivity contribution in [3.05, 3.63) is 30.1 Å². The molecule has 20 heavy (non-hydrogen) atoms. The quantitative estimate of drug-likeness (QED) is 0.753. The molecule has 1 heterocycles. The Kier molecular flexibility index (Phi) is 4.55. The van der Waals surface area contributed by atoms with Crippen molar-refractivity contribution in [3.63, 3.8) is 0 Å². The van der Waals surface area contributed by atoms with Crippen molar-refractivity contribution in [2.75, 3.05) is 32.8 Å². The number of halogens is 1. The molecule has 108 valence electrons. The number of carbonyl (C=O) groups excluding carboxylic acids is 2. The number of benzene rings is 1. The summed E-state index contributed by atoms with van der Waals surface area (Å²) in [5.74, 6) is -1.29. The number of carbonyl (C=O) groups is 2. The minimum atomic E-state index is -0.518. The van der Waals surface area contributed by atoms with Crippen molar-refractivity contribution in [2.45, 2.75) is 6.92 Å². The highest BCUT2D eigenvalue weighted by Crippen LogP contribution is 2.15. The summed E-state index contributed by atoms with van der Waals surface area (Å²) in [6.07, 6.45) is 0. The molecule has 1 aromatic carbocycles. The van der Waals surface area contributed by atoms with Crippen molar-refractivity contribution in [1.82, 2.24) is 9.80 Å². The highest BCUT2D eigenvalue weighted by molar-refractivity contribution is 6.35. The van der Waals surface area contributed by atoms with E-state index in [-0.39, 0.29) is 18.9 Å². The maximum absolute atomic E-state index is 13.3. The fourth-order valence-electron chi connectivity index (χ4n) is 2.06. The van der Waals surface area contributed by atoms with Gasteiger partial charge in [0.2, 0.25) is 0 Å². The first kappa shape index (κ1) is 14.3. The van der Waals surface area contributed by atoms with Gasteiger partial charge in [0.1, 0.15) is 6.61 Å². The minimum absolute atomic E-state index is 0.151. The van der Waals surface area contributed by atoms with E-state index in [1.807, 2.05) is 6.92 Å². The predicted octanol–water partition coefficient (Wildman–Crippen LogP) is 0.895. The Bertz CT molecular complexity index is 507. The van der Waals surface area contributed by atoms with E-state index in [0.717, 1.165) is 0 Å². The molecule has 1 aliphatic heterocycles. The smallest absolute Gasteiger partial charge is 0.312 e. The molecule has 6 heteroatoms. The van der Waals surface area contributed by atoms with Crippen LogP contribution in [0.1, 0.15) is 6.92 Å². The van der Waals surface area contributed by atoms with Gasteiger partial charge in [-0.3, -0.25) is 9.59 Å². The SMILES string of the molecule is CCN1CCN(CCOc2ccccc2F)C(=O)C1=O. The Morgan fingerprint density at radius 3 is 2.50 bits per heavy atom. The van der Waals surface area contributed by atoms with Crippen LogP contribution in [0.3, 0.4) is 0 Å². The first-order chi connectivity index (χ1) is 9.63. The summed E-state index contributed by atoms with van der Waals surface area (Å²) in [5.41, 5.74) is 0. The van der Waals surface area contributed by atoms with Crippen LogP contribution in [-0.4, -0.2) is 54.4 Å². The van der Waals surface area contributed by atoms with Crippen LogP contribution in [0.4, 0.5) is 4.39 Å². The van der Waals surface area contributed by atoms with E-state index in [0.29, 0.717) is 19.6 Å². The molecule has 0 atom stereocenters. The molecule has 0 aliphatic carbocycles. The zero-order valence-electron chi connectivity index (χ0n) is 11.3. The first-order valence-electron chi connectivity index (χ1n) is 6.59. The molecule has 2 amide bonds. The summed E-state index contributed by atoms with van der Waals surface area (Å²) < 4.78 is 18.6. The van der Waals surface area contributed by atoms with Gasteiger partial charge in [0.25, 0.3) is 0 Å². The Morgan fingerprint density at radius 1 is 1.15 bits per heavy atom. The molecule has 5 nitrogen and oxygen atoms in total. The third-order valence-corrected chi connectivity index (χ3v) is 3.23. The number of hydrogen-bond donors (Lipinski definition) is 0. The fourth-order valence-corrected chi connectivity index (χ4v) is 2.06. The maximum Gasteiger partial charge on any atom is 0.312 e. The lowest BCUT2D eigenvalue weighted by Crippen LogP contribution is -2.54. The van der Waals surface area contributed by atoms with Crippen LogP contribution in [0.15, 0.2) is 24.3 Å². The van der Waals surface area contributed by atoms with Gasteiger partial charge in [-0.1, -0.05) is 12.1 Å². The average Bonchev–Trinajstić information content (AvgIpc) is 2.46. The molecule has 0 bridgehead atoms. The lowest BCUT2D eigenvalue weighted by molar-refractivity contribution is -0.156. The Morgan fingerprint density at radius 2 is 1.80 bits per heavy atom. The van der Waals surface area contributed by atoms with Crippen molar-refractivity contribution in [1.29, 1.82) is 0 Å². The minimum Gasteiger partial charge on any atom is -0.489 e. The van der Waals surface area contributed by atoms with Crippen LogP contribution in [0.2, 0.25) is 0 Å². The molecule has 0 radical (unpaired) electrons. The van der Waals surface area contributed by atoms with Crippen LogP contribution < -0.4 is 4.74 Å². The third-order valence-electron chi connectivity index (χ3n) is 3.23. The van der Waals surface area contributed by atoms with Gasteiger partial charge in [0.15, 0.2) is 11.6 Å². The number of nitrogens with zero attached hydrogens (tertiary/aromatic N) is 2. The highest BCUT2D eigenvalue weighted by atomic mass is 19.1. The number of para-hydroxylation sites is 1. The highest BCUT2D eigenvalue weighted by Gasteiger charge is 2.31. The standard InChI is InChI=1S/C14H17FN2O3/c1-2-16-7-8-17(14(19)13(16)18)9-10-20-12-6-4-3-5-11(12)15/h3-6H,2,7-10H2,1H3. The second-order valence-electron chi connectivity index (χ2n) is 4.46. The van der Waals surface area contributed by atoms with Crippen molar-refractivity contribution in [3.8, 4) is 5.75 Å². The van der Waals surface area contributed by atoms with Crippen LogP contribution >= 0.6 is 0 Å². The number of likely N-dealkylation sites (N-methyl/N-ethyl adjacent to an activating group) is 1. The van der Waals surface area contributed by atoms with Gasteiger partial charge in [-0.05, 0) is 19.1 Å². The number of amides is 2. The van der Waals surface area contributed by atoms with Crippen LogP contribution in [0.5, 0.6) is 5.75 Å². The van der Waals surface area contributed by atoms with E-state index >= 15 is 0 Å². The molecule has 0 spiro atoms. The molecule has 0 N–H and O–H groups in total. The van der Waals surface area contributed by atoms with Gasteiger partial charge in [-0.15, -0.1) is 0 Å². The number of hydrogen-bond acceptors (Lipinski definition) is 3. The number of ether oxygens (including phenoxy) is 1. The van der Waals surface area contributed by atoms with Gasteiger partial charge in [0, 0.05) is 19.6 Å². The molecule has 0 unspecified atom stereocenters. The number of rotatable bonds is 5. The first-order valence-corrected chi connectivity index (χ1v) is 6.59. The van der Waals surface area contributed by atoms with E-state index in [4.69, 9.17) is 4.74 Å². The summed E-state index contributed by atoms with van der Waals surface area (Å²) in [6, 6.07) is 6.09. The zero-order chi connectivity index (χ0) is 14.5. The van der Waals surface area contributed by atoms with E-state index in [1.165, 1.54) is 21.9 Å². The summed E-state index contributed by atoms with van der Waals surface area (Å²) in [5, 5.41) is 0. The Hall–Kier alpha value is -2.11. The van der Waals surface area contributed by atoms with Crippen molar-refractivity contribution >= 4 is 11.8 Å². The van der Waals surface area contributed by atoms with E-state index in [9.17, 15) is 14.0 Å². The largest absolute Gasteiger partial charge is 0.489 e. The van der Waals surface area contributed by atoms with Crippen molar-refractivity contribution < 1.29 is 18.7 Å². The Labute approximate surface area is 116 Å². The second kappa shape index (κ2) is 6.36. The summed E-state index contributed by atoms with van der Waals surface area (Å²) in [7, 11) is 0. The van der Waals surface area contributed by atoms with Crippen molar-refractivity contribution in [2.24, 2.45) is 0 Å². The molecule has 1 saturated heterocycles. The predicted molar refractivity (Wildman–Crippen MR) is 70.7 cm³/mol. The molecule has 1 aliphatic rings. The molecule has 1 fully saturated rings. The number of piperazine rings is 1. The second-order valence-corrected chi connectivity index (χ2v) is 4.46. The fraction of sp³-hybridized carbons (Fsp3) is 0.429. The Balaban J connectivity index is 1.85. The lowest BCUT2D eigenvalue weighted by atomic mass is 10.3. The summed E-state index contributed by atoms with van der Waals surface area (Å²) in [6.45, 7) is 3.81. The lowest BCUT2D eigenvalue weighted by Gasteiger charge is -2.32. The summed E-state index contributed by atoms with van der Waals surface area (Å²) in [4.78, 5) is 26.4. The van der Waals surface area contributed by atoms with E-state index in [1.54, 1.807) is 12.1 Å². The molecule has 0 saturated carbocycles. The zero-order valence-corrected chi connectivity index (χ0v) is 11.3. The maximum atomic E-state index is 13.3. The topological polar surface area (TPSA) is 49.9 Å². The molecule has 2 rings (SSSR count). The van der Waals surface area contributed by atoms with Gasteiger partial charge in [0.05, 0.1) is 6.54 Å². The summed E-state index contributed by atoms with van der Waals surface area (Å²) >= 11 is 0. The van der Waals surface area contributed by atoms with Gasteiger partial charge < -0.3 is 14.5 Å². The average molecular weight is 280 g/mol. The van der Waals surface area contributed by atoms with E-state index in [2.05, 4.69) is 0 Å². The van der Waals surface area contributed by atoms with Crippen LogP contribution in [-0.2, 0) is 9.59 Å². The van der Waals surface area contributed by atoms with Gasteiger partial charge >= 0.3 is 11.8 Å².